The van der Waals surface area contributed by atoms with E-state index in [4.69, 9.17) is 9.84 Å². The molecule has 0 aliphatic carbocycles. The highest BCUT2D eigenvalue weighted by Gasteiger charge is 2.00. The smallest absolute Gasteiger partial charge is 0.220 e. The van der Waals surface area contributed by atoms with Crippen LogP contribution < -0.4 is 10.1 Å². The summed E-state index contributed by atoms with van der Waals surface area (Å²) in [6.45, 7) is 1.18. The van der Waals surface area contributed by atoms with E-state index in [1.807, 2.05) is 30.3 Å². The molecule has 1 rings (SSSR count). The predicted molar refractivity (Wildman–Crippen MR) is 65.9 cm³/mol. The molecule has 0 radical (unpaired) electrons. The molecule has 4 nitrogen and oxygen atoms in total. The monoisotopic (exact) mass is 237 g/mol. The molecular formula is C13H19NO3. The van der Waals surface area contributed by atoms with Crippen molar-refractivity contribution >= 4 is 5.91 Å². The van der Waals surface area contributed by atoms with Gasteiger partial charge in [-0.3, -0.25) is 4.79 Å². The molecule has 0 saturated heterocycles. The van der Waals surface area contributed by atoms with Crippen LogP contribution >= 0.6 is 0 Å². The van der Waals surface area contributed by atoms with Crippen molar-refractivity contribution in [2.24, 2.45) is 0 Å². The molecule has 1 aromatic carbocycles. The van der Waals surface area contributed by atoms with Crippen LogP contribution in [0.4, 0.5) is 0 Å². The van der Waals surface area contributed by atoms with Crippen molar-refractivity contribution in [2.45, 2.75) is 19.3 Å². The van der Waals surface area contributed by atoms with Crippen LogP contribution in [0.15, 0.2) is 30.3 Å². The van der Waals surface area contributed by atoms with Gasteiger partial charge in [0.1, 0.15) is 5.75 Å². The summed E-state index contributed by atoms with van der Waals surface area (Å²) >= 11 is 0. The molecule has 0 bridgehead atoms. The number of para-hydroxylation sites is 1. The first-order valence-corrected chi connectivity index (χ1v) is 5.88. The lowest BCUT2D eigenvalue weighted by Gasteiger charge is -2.06. The van der Waals surface area contributed by atoms with Crippen molar-refractivity contribution in [2.75, 3.05) is 19.8 Å². The van der Waals surface area contributed by atoms with E-state index in [0.29, 0.717) is 32.4 Å². The molecule has 0 saturated carbocycles. The van der Waals surface area contributed by atoms with Gasteiger partial charge in [0, 0.05) is 19.6 Å². The number of aliphatic hydroxyl groups is 1. The molecule has 1 aromatic rings. The third kappa shape index (κ3) is 6.58. The average Bonchev–Trinajstić information content (AvgIpc) is 2.36. The van der Waals surface area contributed by atoms with Crippen molar-refractivity contribution in [3.63, 3.8) is 0 Å². The second kappa shape index (κ2) is 8.58. The summed E-state index contributed by atoms with van der Waals surface area (Å²) in [5, 5.41) is 11.3. The van der Waals surface area contributed by atoms with Crippen molar-refractivity contribution in [1.82, 2.24) is 5.32 Å². The Balaban J connectivity index is 2.02. The van der Waals surface area contributed by atoms with Crippen LogP contribution in [0, 0.1) is 0 Å². The van der Waals surface area contributed by atoms with Crippen LogP contribution in [0.25, 0.3) is 0 Å². The predicted octanol–water partition coefficient (Wildman–Crippen LogP) is 1.34. The molecule has 2 N–H and O–H groups in total. The Labute approximate surface area is 102 Å². The Morgan fingerprint density at radius 1 is 1.24 bits per heavy atom. The Kier molecular flexibility index (Phi) is 6.82. The van der Waals surface area contributed by atoms with E-state index in [9.17, 15) is 4.79 Å². The summed E-state index contributed by atoms with van der Waals surface area (Å²) in [5.41, 5.74) is 0. The van der Waals surface area contributed by atoms with E-state index < -0.39 is 0 Å². The summed E-state index contributed by atoms with van der Waals surface area (Å²) in [5.74, 6) is 0.836. The molecule has 0 fully saturated rings. The van der Waals surface area contributed by atoms with E-state index in [1.165, 1.54) is 0 Å². The number of ether oxygens (including phenoxy) is 1. The molecule has 0 aliphatic rings. The van der Waals surface area contributed by atoms with Crippen molar-refractivity contribution in [3.05, 3.63) is 30.3 Å². The van der Waals surface area contributed by atoms with Crippen LogP contribution in [0.5, 0.6) is 5.75 Å². The van der Waals surface area contributed by atoms with Gasteiger partial charge in [0.05, 0.1) is 6.61 Å². The largest absolute Gasteiger partial charge is 0.494 e. The van der Waals surface area contributed by atoms with Gasteiger partial charge < -0.3 is 15.2 Å². The third-order valence-corrected chi connectivity index (χ3v) is 2.22. The molecule has 0 unspecified atom stereocenters. The first-order valence-electron chi connectivity index (χ1n) is 5.88. The zero-order valence-corrected chi connectivity index (χ0v) is 9.89. The molecule has 4 heteroatoms. The maximum Gasteiger partial charge on any atom is 0.220 e. The van der Waals surface area contributed by atoms with Gasteiger partial charge >= 0.3 is 0 Å². The molecule has 0 atom stereocenters. The summed E-state index contributed by atoms with van der Waals surface area (Å²) in [6, 6.07) is 9.54. The van der Waals surface area contributed by atoms with E-state index in [-0.39, 0.29) is 12.5 Å². The quantitative estimate of drug-likeness (QED) is 0.671. The SMILES string of the molecule is O=C(CCCOc1ccccc1)NCCCO. The number of aliphatic hydroxyl groups excluding tert-OH is 1. The van der Waals surface area contributed by atoms with Gasteiger partial charge in [-0.2, -0.15) is 0 Å². The molecule has 1 amide bonds. The van der Waals surface area contributed by atoms with Gasteiger partial charge in [0.25, 0.3) is 0 Å². The first kappa shape index (κ1) is 13.5. The van der Waals surface area contributed by atoms with E-state index in [1.54, 1.807) is 0 Å². The Hall–Kier alpha value is -1.55. The topological polar surface area (TPSA) is 58.6 Å². The second-order valence-electron chi connectivity index (χ2n) is 3.69. The minimum atomic E-state index is 0.00936. The van der Waals surface area contributed by atoms with Gasteiger partial charge in [-0.05, 0) is 25.0 Å². The van der Waals surface area contributed by atoms with Crippen LogP contribution in [-0.4, -0.2) is 30.8 Å². The van der Waals surface area contributed by atoms with E-state index in [2.05, 4.69) is 5.32 Å². The summed E-state index contributed by atoms with van der Waals surface area (Å²) in [6.07, 6.45) is 1.75. The van der Waals surface area contributed by atoms with Gasteiger partial charge in [0.15, 0.2) is 0 Å². The number of hydrogen-bond donors (Lipinski definition) is 2. The molecular weight excluding hydrogens is 218 g/mol. The van der Waals surface area contributed by atoms with Crippen LogP contribution in [0.3, 0.4) is 0 Å². The van der Waals surface area contributed by atoms with Gasteiger partial charge in [-0.15, -0.1) is 0 Å². The van der Waals surface area contributed by atoms with E-state index >= 15 is 0 Å². The third-order valence-electron chi connectivity index (χ3n) is 2.22. The number of nitrogens with one attached hydrogen (secondary N) is 1. The molecule has 0 aromatic heterocycles. The van der Waals surface area contributed by atoms with Gasteiger partial charge in [-0.25, -0.2) is 0 Å². The minimum absolute atomic E-state index is 0.00936. The molecule has 0 heterocycles. The maximum absolute atomic E-state index is 11.3. The second-order valence-corrected chi connectivity index (χ2v) is 3.69. The van der Waals surface area contributed by atoms with Gasteiger partial charge in [-0.1, -0.05) is 18.2 Å². The molecule has 17 heavy (non-hydrogen) atoms. The highest BCUT2D eigenvalue weighted by atomic mass is 16.5. The van der Waals surface area contributed by atoms with E-state index in [0.717, 1.165) is 5.75 Å². The highest BCUT2D eigenvalue weighted by Crippen LogP contribution is 2.08. The van der Waals surface area contributed by atoms with Crippen molar-refractivity contribution in [1.29, 1.82) is 0 Å². The fraction of sp³-hybridized carbons (Fsp3) is 0.462. The lowest BCUT2D eigenvalue weighted by Crippen LogP contribution is -2.25. The summed E-state index contributed by atoms with van der Waals surface area (Å²) < 4.78 is 5.46. The Morgan fingerprint density at radius 2 is 2.00 bits per heavy atom. The molecule has 94 valence electrons. The Bertz CT molecular complexity index is 314. The number of hydrogen-bond acceptors (Lipinski definition) is 3. The zero-order chi connectivity index (χ0) is 12.3. The molecule has 0 aliphatic heterocycles. The highest BCUT2D eigenvalue weighted by molar-refractivity contribution is 5.75. The number of amides is 1. The zero-order valence-electron chi connectivity index (χ0n) is 9.89. The minimum Gasteiger partial charge on any atom is -0.494 e. The van der Waals surface area contributed by atoms with Crippen molar-refractivity contribution < 1.29 is 14.6 Å². The fourth-order valence-electron chi connectivity index (χ4n) is 1.33. The van der Waals surface area contributed by atoms with Crippen molar-refractivity contribution in [3.8, 4) is 5.75 Å². The van der Waals surface area contributed by atoms with Crippen LogP contribution in [-0.2, 0) is 4.79 Å². The summed E-state index contributed by atoms with van der Waals surface area (Å²) in [7, 11) is 0. The fourth-order valence-corrected chi connectivity index (χ4v) is 1.33. The Morgan fingerprint density at radius 3 is 2.71 bits per heavy atom. The first-order chi connectivity index (χ1) is 8.33. The average molecular weight is 237 g/mol. The van der Waals surface area contributed by atoms with Crippen LogP contribution in [0.2, 0.25) is 0 Å². The lowest BCUT2D eigenvalue weighted by molar-refractivity contribution is -0.121. The maximum atomic E-state index is 11.3. The standard InChI is InChI=1S/C13H19NO3/c15-10-5-9-14-13(16)8-4-11-17-12-6-2-1-3-7-12/h1-3,6-7,15H,4-5,8-11H2,(H,14,16). The number of carbonyl (C=O) groups is 1. The molecule has 0 spiro atoms. The van der Waals surface area contributed by atoms with Gasteiger partial charge in [0.2, 0.25) is 5.91 Å². The normalized spacial score (nSPS) is 9.94. The number of rotatable bonds is 8. The summed E-state index contributed by atoms with van der Waals surface area (Å²) in [4.78, 5) is 11.3. The van der Waals surface area contributed by atoms with Crippen LogP contribution in [0.1, 0.15) is 19.3 Å². The lowest BCUT2D eigenvalue weighted by atomic mass is 10.3. The number of benzene rings is 1. The number of carbonyl (C=O) groups excluding carboxylic acids is 1.